The van der Waals surface area contributed by atoms with Crippen molar-refractivity contribution in [2.75, 3.05) is 0 Å². The normalized spacial score (nSPS) is 12.2. The molecule has 23 heavy (non-hydrogen) atoms. The number of para-hydroxylation sites is 2. The summed E-state index contributed by atoms with van der Waals surface area (Å²) in [4.78, 5) is 10.7. The molecule has 0 N–H and O–H groups in total. The monoisotopic (exact) mass is 337 g/mol. The molecule has 0 atom stereocenters. The molecule has 4 rings (SSSR count). The molecule has 3 aromatic heterocycles. The minimum absolute atomic E-state index is 0.953. The van der Waals surface area contributed by atoms with Gasteiger partial charge in [0.25, 0.3) is 0 Å². The molecule has 0 aliphatic rings. The molecule has 0 amide bonds. The number of fused-ring (bicyclic) bond motifs is 1. The summed E-state index contributed by atoms with van der Waals surface area (Å²) >= 11 is 3.39. The van der Waals surface area contributed by atoms with E-state index in [0.717, 1.165) is 33.1 Å². The van der Waals surface area contributed by atoms with E-state index in [1.54, 1.807) is 22.7 Å². The average molecular weight is 337 g/mol. The van der Waals surface area contributed by atoms with Crippen molar-refractivity contribution < 1.29 is 0 Å². The highest BCUT2D eigenvalue weighted by molar-refractivity contribution is 7.11. The van der Waals surface area contributed by atoms with Gasteiger partial charge in [-0.3, -0.25) is 0 Å². The van der Waals surface area contributed by atoms with Gasteiger partial charge in [-0.15, -0.1) is 22.7 Å². The lowest BCUT2D eigenvalue weighted by molar-refractivity contribution is 0.922. The SMILES string of the molecule is Cc1csc(C(=Cc2cccs2)c2nc3ccccc3n2C)n1. The van der Waals surface area contributed by atoms with Gasteiger partial charge in [-0.05, 0) is 36.6 Å². The van der Waals surface area contributed by atoms with Crippen LogP contribution in [0.4, 0.5) is 0 Å². The number of hydrogen-bond donors (Lipinski definition) is 0. The van der Waals surface area contributed by atoms with Gasteiger partial charge in [-0.2, -0.15) is 0 Å². The van der Waals surface area contributed by atoms with Gasteiger partial charge in [0.15, 0.2) is 0 Å². The summed E-state index contributed by atoms with van der Waals surface area (Å²) in [6.07, 6.45) is 2.18. The first-order valence-corrected chi connectivity index (χ1v) is 9.08. The Kier molecular flexibility index (Phi) is 3.59. The second-order valence-electron chi connectivity index (χ2n) is 5.35. The summed E-state index contributed by atoms with van der Waals surface area (Å²) in [6, 6.07) is 12.4. The van der Waals surface area contributed by atoms with Crippen molar-refractivity contribution in [2.24, 2.45) is 7.05 Å². The van der Waals surface area contributed by atoms with Crippen LogP contribution >= 0.6 is 22.7 Å². The molecular weight excluding hydrogens is 322 g/mol. The lowest BCUT2D eigenvalue weighted by Crippen LogP contribution is -1.98. The van der Waals surface area contributed by atoms with Crippen LogP contribution < -0.4 is 0 Å². The topological polar surface area (TPSA) is 30.7 Å². The van der Waals surface area contributed by atoms with Crippen LogP contribution in [0.2, 0.25) is 0 Å². The molecule has 0 saturated heterocycles. The van der Waals surface area contributed by atoms with Gasteiger partial charge in [0, 0.05) is 23.0 Å². The number of thiazole rings is 1. The predicted octanol–water partition coefficient (Wildman–Crippen LogP) is 4.99. The van der Waals surface area contributed by atoms with Gasteiger partial charge in [0.1, 0.15) is 10.8 Å². The van der Waals surface area contributed by atoms with E-state index in [-0.39, 0.29) is 0 Å². The summed E-state index contributed by atoms with van der Waals surface area (Å²) in [5.41, 5.74) is 4.26. The van der Waals surface area contributed by atoms with Crippen LogP contribution in [-0.2, 0) is 7.05 Å². The van der Waals surface area contributed by atoms with Crippen molar-refractivity contribution in [3.05, 3.63) is 68.6 Å². The molecule has 0 aliphatic heterocycles. The fraction of sp³-hybridized carbons (Fsp3) is 0.111. The van der Waals surface area contributed by atoms with E-state index in [4.69, 9.17) is 4.98 Å². The van der Waals surface area contributed by atoms with E-state index in [1.807, 2.05) is 19.1 Å². The van der Waals surface area contributed by atoms with Gasteiger partial charge in [-0.1, -0.05) is 18.2 Å². The third-order valence-corrected chi connectivity index (χ3v) is 5.52. The lowest BCUT2D eigenvalue weighted by atomic mass is 10.2. The summed E-state index contributed by atoms with van der Waals surface area (Å²) in [7, 11) is 2.06. The Hall–Kier alpha value is -2.24. The molecule has 4 aromatic rings. The quantitative estimate of drug-likeness (QED) is 0.527. The van der Waals surface area contributed by atoms with Crippen LogP contribution in [0.5, 0.6) is 0 Å². The van der Waals surface area contributed by atoms with Crippen molar-refractivity contribution in [1.82, 2.24) is 14.5 Å². The van der Waals surface area contributed by atoms with Gasteiger partial charge in [0.05, 0.1) is 16.6 Å². The van der Waals surface area contributed by atoms with Crippen molar-refractivity contribution in [1.29, 1.82) is 0 Å². The number of aromatic nitrogens is 3. The zero-order chi connectivity index (χ0) is 15.8. The summed E-state index contributed by atoms with van der Waals surface area (Å²) < 4.78 is 2.14. The van der Waals surface area contributed by atoms with Gasteiger partial charge < -0.3 is 4.57 Å². The Balaban J connectivity index is 1.95. The van der Waals surface area contributed by atoms with E-state index in [1.165, 1.54) is 4.88 Å². The maximum atomic E-state index is 4.84. The number of benzene rings is 1. The maximum absolute atomic E-state index is 4.84. The molecule has 0 aliphatic carbocycles. The summed E-state index contributed by atoms with van der Waals surface area (Å²) in [6.45, 7) is 2.03. The Bertz CT molecular complexity index is 991. The number of imidazole rings is 1. The zero-order valence-electron chi connectivity index (χ0n) is 12.9. The second-order valence-corrected chi connectivity index (χ2v) is 7.19. The third-order valence-electron chi connectivity index (χ3n) is 3.71. The highest BCUT2D eigenvalue weighted by Gasteiger charge is 2.16. The number of nitrogens with zero attached hydrogens (tertiary/aromatic N) is 3. The second kappa shape index (κ2) is 5.76. The van der Waals surface area contributed by atoms with Crippen LogP contribution in [0.15, 0.2) is 47.2 Å². The molecule has 3 nitrogen and oxygen atoms in total. The number of thiophene rings is 1. The number of aryl methyl sites for hydroxylation is 2. The Morgan fingerprint density at radius 1 is 1.09 bits per heavy atom. The van der Waals surface area contributed by atoms with Gasteiger partial charge in [0.2, 0.25) is 0 Å². The highest BCUT2D eigenvalue weighted by Crippen LogP contribution is 2.30. The standard InChI is InChI=1S/C18H15N3S2/c1-12-11-23-18(19-12)14(10-13-6-5-9-22-13)17-20-15-7-3-4-8-16(15)21(17)2/h3-11H,1-2H3. The molecule has 0 bridgehead atoms. The first-order valence-electron chi connectivity index (χ1n) is 7.32. The van der Waals surface area contributed by atoms with Crippen LogP contribution in [-0.4, -0.2) is 14.5 Å². The zero-order valence-corrected chi connectivity index (χ0v) is 14.5. The Morgan fingerprint density at radius 2 is 1.96 bits per heavy atom. The van der Waals surface area contributed by atoms with Crippen molar-refractivity contribution in [3.63, 3.8) is 0 Å². The van der Waals surface area contributed by atoms with Gasteiger partial charge >= 0.3 is 0 Å². The van der Waals surface area contributed by atoms with Crippen LogP contribution in [0.25, 0.3) is 22.7 Å². The number of rotatable bonds is 3. The Labute approximate surface area is 142 Å². The molecule has 0 unspecified atom stereocenters. The largest absolute Gasteiger partial charge is 0.327 e. The van der Waals surface area contributed by atoms with Crippen LogP contribution in [0.3, 0.4) is 0 Å². The molecule has 0 fully saturated rings. The van der Waals surface area contributed by atoms with E-state index >= 15 is 0 Å². The lowest BCUT2D eigenvalue weighted by Gasteiger charge is -2.05. The van der Waals surface area contributed by atoms with Crippen molar-refractivity contribution >= 4 is 45.4 Å². The molecule has 114 valence electrons. The fourth-order valence-electron chi connectivity index (χ4n) is 2.60. The first-order chi connectivity index (χ1) is 11.2. The minimum atomic E-state index is 0.953. The van der Waals surface area contributed by atoms with Crippen LogP contribution in [0.1, 0.15) is 21.4 Å². The van der Waals surface area contributed by atoms with Crippen molar-refractivity contribution in [2.45, 2.75) is 6.92 Å². The van der Waals surface area contributed by atoms with Gasteiger partial charge in [-0.25, -0.2) is 9.97 Å². The van der Waals surface area contributed by atoms with E-state index < -0.39 is 0 Å². The average Bonchev–Trinajstić information content (AvgIpc) is 3.27. The van der Waals surface area contributed by atoms with Crippen molar-refractivity contribution in [3.8, 4) is 0 Å². The minimum Gasteiger partial charge on any atom is -0.327 e. The molecular formula is C18H15N3S2. The maximum Gasteiger partial charge on any atom is 0.143 e. The first kappa shape index (κ1) is 14.4. The molecule has 3 heterocycles. The third kappa shape index (κ3) is 2.62. The number of hydrogen-bond acceptors (Lipinski definition) is 4. The molecule has 0 spiro atoms. The molecule has 0 saturated carbocycles. The smallest absolute Gasteiger partial charge is 0.143 e. The van der Waals surface area contributed by atoms with E-state index in [0.29, 0.717) is 0 Å². The fourth-order valence-corrected chi connectivity index (χ4v) is 4.07. The van der Waals surface area contributed by atoms with E-state index in [2.05, 4.69) is 57.7 Å². The van der Waals surface area contributed by atoms with Crippen LogP contribution in [0, 0.1) is 6.92 Å². The summed E-state index contributed by atoms with van der Waals surface area (Å²) in [5, 5.41) is 5.18. The molecule has 5 heteroatoms. The van der Waals surface area contributed by atoms with E-state index in [9.17, 15) is 0 Å². The summed E-state index contributed by atoms with van der Waals surface area (Å²) in [5.74, 6) is 0.953. The predicted molar refractivity (Wildman–Crippen MR) is 98.9 cm³/mol. The highest BCUT2D eigenvalue weighted by atomic mass is 32.1. The molecule has 0 radical (unpaired) electrons. The Morgan fingerprint density at radius 3 is 2.65 bits per heavy atom. The molecule has 1 aromatic carbocycles.